The summed E-state index contributed by atoms with van der Waals surface area (Å²) in [5.41, 5.74) is 0. The zero-order chi connectivity index (χ0) is 64.6. The Morgan fingerprint density at radius 3 is 0.817 bits per heavy atom. The van der Waals surface area contributed by atoms with E-state index in [0.717, 1.165) is 17.9 Å². The Kier molecular flexibility index (Phi) is 66.0. The maximum absolute atomic E-state index is 6.02. The van der Waals surface area contributed by atoms with E-state index in [1.807, 2.05) is 13.1 Å². The Hall–Kier alpha value is 1.71. The van der Waals surface area contributed by atoms with Gasteiger partial charge in [-0.3, -0.25) is 0 Å². The van der Waals surface area contributed by atoms with Crippen molar-refractivity contribution < 1.29 is 58.2 Å². The molecule has 0 radical (unpaired) electrons. The van der Waals surface area contributed by atoms with Crippen molar-refractivity contribution in [3.8, 4) is 0 Å². The van der Waals surface area contributed by atoms with Crippen molar-refractivity contribution in [3.63, 3.8) is 0 Å². The summed E-state index contributed by atoms with van der Waals surface area (Å²) in [5, 5.41) is 8.39. The third kappa shape index (κ3) is 45.4. The SMILES string of the molecule is C1CCC2CCCC2C1.C1CCC2CCCC2C1.C=CCC1CCCC1.C[SiH](Cl)Cl.C[Si](Cl)(Cl)CCCC1CCCC1.[CH3-].[CH3-].[CH3-].[CH3-].[Cl][Pt][Cl].[Cl][Zr+2][Cl].[Cl][Zr+2][Cl].c1ccc(P(c2ccccc2)c2ccccc2)cc1.c1ccc(P(c2ccccc2)c2ccccc2)cc1. The van der Waals surface area contributed by atoms with Gasteiger partial charge in [-0.1, -0.05) is 342 Å². The minimum atomic E-state index is -1.78. The van der Waals surface area contributed by atoms with Crippen LogP contribution in [0.5, 0.6) is 0 Å². The molecule has 0 N–H and O–H groups in total. The van der Waals surface area contributed by atoms with E-state index in [9.17, 15) is 0 Å². The molecular formula is C76H110Cl10P2PtSi2Zr2. The molecule has 0 bridgehead atoms. The molecule has 0 aromatic heterocycles. The van der Waals surface area contributed by atoms with Gasteiger partial charge < -0.3 is 29.7 Å². The van der Waals surface area contributed by atoms with Crippen molar-refractivity contribution in [2.75, 3.05) is 0 Å². The van der Waals surface area contributed by atoms with E-state index < -0.39 is 88.1 Å². The van der Waals surface area contributed by atoms with Gasteiger partial charge in [-0.25, -0.2) is 0 Å². The van der Waals surface area contributed by atoms with Crippen LogP contribution >= 0.6 is 113 Å². The fourth-order valence-corrected chi connectivity index (χ4v) is 19.4. The summed E-state index contributed by atoms with van der Waals surface area (Å²) in [5.74, 6) is 6.65. The average Bonchev–Trinajstić information content (AvgIpc) is 1.80. The number of hydrogen-bond donors (Lipinski definition) is 0. The maximum atomic E-state index is 6.02. The second kappa shape index (κ2) is 63.4. The molecule has 0 heterocycles. The number of rotatable bonds is 12. The zero-order valence-electron chi connectivity index (χ0n) is 56.5. The summed E-state index contributed by atoms with van der Waals surface area (Å²) >= 11 is 20.3. The van der Waals surface area contributed by atoms with E-state index in [1.165, 1.54) is 165 Å². The van der Waals surface area contributed by atoms with Crippen LogP contribution in [-0.4, -0.2) is 14.1 Å². The van der Waals surface area contributed by atoms with Crippen LogP contribution in [0.3, 0.4) is 0 Å². The molecule has 520 valence electrons. The molecular weight excluding hydrogens is 1760 g/mol. The quantitative estimate of drug-likeness (QED) is 0.0377. The summed E-state index contributed by atoms with van der Waals surface area (Å²) in [4.78, 5) is 0. The van der Waals surface area contributed by atoms with Crippen molar-refractivity contribution in [1.29, 1.82) is 0 Å². The molecule has 6 aliphatic carbocycles. The van der Waals surface area contributed by atoms with Crippen LogP contribution in [0.1, 0.15) is 161 Å². The van der Waals surface area contributed by atoms with Gasteiger partial charge in [0.25, 0.3) is 0 Å². The first kappa shape index (κ1) is 96.8. The minimum Gasteiger partial charge on any atom is -0.0622 e. The van der Waals surface area contributed by atoms with Crippen LogP contribution in [0.2, 0.25) is 19.1 Å². The monoisotopic (exact) mass is 1870 g/mol. The zero-order valence-corrected chi connectivity index (χ0v) is 75.2. The van der Waals surface area contributed by atoms with Crippen LogP contribution in [-0.2, 0) is 58.2 Å². The molecule has 0 spiro atoms. The first-order chi connectivity index (χ1) is 43.3. The molecule has 4 unspecified atom stereocenters. The molecule has 93 heavy (non-hydrogen) atoms. The van der Waals surface area contributed by atoms with E-state index in [2.05, 4.69) is 195 Å². The molecule has 6 aromatic carbocycles. The van der Waals surface area contributed by atoms with Crippen LogP contribution in [0.25, 0.3) is 0 Å². The van der Waals surface area contributed by atoms with Gasteiger partial charge in [0.2, 0.25) is 14.1 Å². The van der Waals surface area contributed by atoms with Crippen LogP contribution < -0.4 is 31.8 Å². The van der Waals surface area contributed by atoms with Gasteiger partial charge in [-0.2, -0.15) is 22.2 Å². The Balaban J connectivity index is 0. The molecule has 0 nitrogen and oxygen atoms in total. The predicted molar refractivity (Wildman–Crippen MR) is 430 cm³/mol. The van der Waals surface area contributed by atoms with E-state index in [4.69, 9.17) is 97.2 Å². The standard InChI is InChI=1S/2C18H15P.C9H18Cl2Si.2C9H16.C8H14.CH4Cl2Si.4CH3.6ClH.Pt.2Zr/c2*1-4-10-16(11-5-1)19(17-12-6-2-7-13-17)18-14-8-3-9-15-18;1-12(10,11)8-4-7-9-5-2-3-6-9;2*1-2-5-9-7-3-6-8(9)4-1;1-2-5-8-6-3-4-7-8;1-4(2)3;;;;;;;;;;;;;/h2*1-15H;9H,2-8H2,1H3;2*8-9H,1-7H2;2,8H,1,3-7H2;4H,1H3;4*1H3;6*1H;;;/q;;;;;;;4*-1;;;;;;;+2;2*+4/p-6. The number of benzene rings is 6. The molecule has 0 saturated heterocycles. The fraction of sp³-hybridized carbons (Fsp3) is 0.447. The van der Waals surface area contributed by atoms with Gasteiger partial charge in [0.1, 0.15) is 0 Å². The summed E-state index contributed by atoms with van der Waals surface area (Å²) in [6, 6.07) is 65.7. The summed E-state index contributed by atoms with van der Waals surface area (Å²) < 4.78 is 0. The largest absolute Gasteiger partial charge is 0.0622 e. The predicted octanol–water partition coefficient (Wildman–Crippen LogP) is 27.3. The smallest absolute Gasteiger partial charge is 0.0134 e. The normalized spacial score (nSPS) is 17.9. The molecule has 0 amide bonds. The summed E-state index contributed by atoms with van der Waals surface area (Å²) in [6.45, 7) is 5.79. The van der Waals surface area contributed by atoms with Gasteiger partial charge in [0.05, 0.1) is 0 Å². The first-order valence-electron chi connectivity index (χ1n) is 32.2. The van der Waals surface area contributed by atoms with Gasteiger partial charge in [0.15, 0.2) is 0 Å². The number of halogens is 10. The average molecular weight is 1870 g/mol. The molecule has 6 fully saturated rings. The van der Waals surface area contributed by atoms with Crippen molar-refractivity contribution >= 4 is 159 Å². The fourth-order valence-electron chi connectivity index (χ4n) is 13.2. The molecule has 6 aliphatic rings. The van der Waals surface area contributed by atoms with E-state index in [1.54, 1.807) is 51.4 Å². The van der Waals surface area contributed by atoms with Gasteiger partial charge >= 0.3 is 111 Å². The minimum absolute atomic E-state index is 0. The first-order valence-corrected chi connectivity index (χ1v) is 62.6. The molecule has 12 rings (SSSR count). The van der Waals surface area contributed by atoms with Crippen molar-refractivity contribution in [2.45, 2.75) is 180 Å². The van der Waals surface area contributed by atoms with Crippen LogP contribution in [0.4, 0.5) is 0 Å². The molecule has 4 atom stereocenters. The van der Waals surface area contributed by atoms with E-state index >= 15 is 0 Å². The summed E-state index contributed by atoms with van der Waals surface area (Å²) in [7, 11) is 27.4. The third-order valence-electron chi connectivity index (χ3n) is 17.2. The Morgan fingerprint density at radius 1 is 0.419 bits per heavy atom. The maximum Gasteiger partial charge on any atom is -0.0134 e. The molecule has 6 saturated carbocycles. The van der Waals surface area contributed by atoms with E-state index in [-0.39, 0.29) is 29.7 Å². The van der Waals surface area contributed by atoms with E-state index in [0.29, 0.717) is 0 Å². The van der Waals surface area contributed by atoms with Gasteiger partial charge in [0, 0.05) is 0 Å². The van der Waals surface area contributed by atoms with Gasteiger partial charge in [-0.05, 0) is 109 Å². The third-order valence-corrected chi connectivity index (χ3v) is 24.4. The Morgan fingerprint density at radius 2 is 0.613 bits per heavy atom. The second-order valence-electron chi connectivity index (χ2n) is 23.6. The molecule has 17 heteroatoms. The van der Waals surface area contributed by atoms with Gasteiger partial charge in [-0.15, -0.1) is 28.7 Å². The number of fused-ring (bicyclic) bond motifs is 2. The van der Waals surface area contributed by atoms with Crippen LogP contribution in [0.15, 0.2) is 195 Å². The molecule has 0 aliphatic heterocycles. The number of hydrogen-bond acceptors (Lipinski definition) is 0. The topological polar surface area (TPSA) is 0 Å². The van der Waals surface area contributed by atoms with Crippen molar-refractivity contribution in [1.82, 2.24) is 0 Å². The molecule has 6 aromatic rings. The number of allylic oxidation sites excluding steroid dienone is 1. The summed E-state index contributed by atoms with van der Waals surface area (Å²) in [6.07, 6.45) is 39.2. The van der Waals surface area contributed by atoms with Crippen LogP contribution in [0, 0.1) is 65.2 Å². The second-order valence-corrected chi connectivity index (χ2v) is 52.7. The van der Waals surface area contributed by atoms with Crippen molar-refractivity contribution in [3.05, 3.63) is 224 Å². The van der Waals surface area contributed by atoms with Crippen molar-refractivity contribution in [2.24, 2.45) is 35.5 Å². The Labute approximate surface area is 648 Å². The Bertz CT molecular complexity index is 2190.